The predicted molar refractivity (Wildman–Crippen MR) is 94.7 cm³/mol. The minimum atomic E-state index is -0.323. The van der Waals surface area contributed by atoms with Gasteiger partial charge >= 0.3 is 0 Å². The molecule has 1 aliphatic heterocycles. The predicted octanol–water partition coefficient (Wildman–Crippen LogP) is 5.21. The Morgan fingerprint density at radius 3 is 2.79 bits per heavy atom. The van der Waals surface area contributed by atoms with Gasteiger partial charge in [0.2, 0.25) is 5.28 Å². The van der Waals surface area contributed by atoms with Crippen LogP contribution in [0.3, 0.4) is 0 Å². The van der Waals surface area contributed by atoms with E-state index in [9.17, 15) is 4.39 Å². The smallest absolute Gasteiger partial charge is 0.222 e. The topological polar surface area (TPSA) is 43.6 Å². The zero-order valence-electron chi connectivity index (χ0n) is 14.1. The number of fused-ring (bicyclic) bond motifs is 3. The zero-order valence-corrected chi connectivity index (χ0v) is 14.8. The van der Waals surface area contributed by atoms with E-state index < -0.39 is 0 Å². The van der Waals surface area contributed by atoms with Gasteiger partial charge in [-0.15, -0.1) is 0 Å². The number of aromatic nitrogens is 4. The average Bonchev–Trinajstić information content (AvgIpc) is 2.97. The Bertz CT molecular complexity index is 875. The van der Waals surface area contributed by atoms with Gasteiger partial charge in [0.15, 0.2) is 5.82 Å². The molecule has 3 heterocycles. The summed E-state index contributed by atoms with van der Waals surface area (Å²) < 4.78 is 16.6. The van der Waals surface area contributed by atoms with Gasteiger partial charge in [-0.2, -0.15) is 0 Å². The van der Waals surface area contributed by atoms with Crippen LogP contribution in [0.15, 0.2) is 24.4 Å². The lowest BCUT2D eigenvalue weighted by atomic mass is 10.1. The summed E-state index contributed by atoms with van der Waals surface area (Å²) in [7, 11) is 0. The van der Waals surface area contributed by atoms with Gasteiger partial charge in [0.25, 0.3) is 0 Å². The van der Waals surface area contributed by atoms with E-state index in [1.54, 1.807) is 12.3 Å². The summed E-state index contributed by atoms with van der Waals surface area (Å²) in [6, 6.07) is 5.46. The van der Waals surface area contributed by atoms with E-state index in [0.717, 1.165) is 30.6 Å². The van der Waals surface area contributed by atoms with Crippen molar-refractivity contribution in [1.82, 2.24) is 19.5 Å². The molecule has 0 bridgehead atoms. The van der Waals surface area contributed by atoms with Crippen molar-refractivity contribution in [3.8, 4) is 11.3 Å². The van der Waals surface area contributed by atoms with Crippen molar-refractivity contribution >= 4 is 22.6 Å². The molecule has 1 aliphatic rings. The van der Waals surface area contributed by atoms with Crippen LogP contribution in [0.2, 0.25) is 5.28 Å². The van der Waals surface area contributed by atoms with Gasteiger partial charge in [0, 0.05) is 24.2 Å². The lowest BCUT2D eigenvalue weighted by Gasteiger charge is -2.22. The fourth-order valence-corrected chi connectivity index (χ4v) is 3.34. The molecule has 0 aliphatic carbocycles. The Labute approximate surface area is 145 Å². The molecular formula is C18H20ClFN4. The first-order valence-corrected chi connectivity index (χ1v) is 8.70. The molecule has 4 rings (SSSR count). The van der Waals surface area contributed by atoms with E-state index in [2.05, 4.69) is 26.4 Å². The highest BCUT2D eigenvalue weighted by Gasteiger charge is 2.22. The molecule has 2 aromatic heterocycles. The van der Waals surface area contributed by atoms with Crippen LogP contribution in [0.4, 0.5) is 4.39 Å². The van der Waals surface area contributed by atoms with Crippen molar-refractivity contribution in [2.75, 3.05) is 0 Å². The van der Waals surface area contributed by atoms with E-state index in [1.807, 2.05) is 19.9 Å². The van der Waals surface area contributed by atoms with Crippen molar-refractivity contribution < 1.29 is 4.39 Å². The first-order valence-electron chi connectivity index (χ1n) is 8.33. The van der Waals surface area contributed by atoms with Crippen LogP contribution in [0.25, 0.3) is 22.3 Å². The standard InChI is InChI=1S/C16H14ClFN4.C2H6/c1-9-3-2-4-14-21-15-11(18)7-10(8-13(15)22(9)14)12-5-6-19-16(17)20-12;1-2/h5-9H,2-4H2,1H3;1-2H3. The monoisotopic (exact) mass is 346 g/mol. The molecule has 24 heavy (non-hydrogen) atoms. The van der Waals surface area contributed by atoms with Gasteiger partial charge in [-0.3, -0.25) is 0 Å². The largest absolute Gasteiger partial charge is 0.325 e. The molecule has 4 nitrogen and oxygen atoms in total. The lowest BCUT2D eigenvalue weighted by Crippen LogP contribution is -2.14. The second kappa shape index (κ2) is 6.85. The Balaban J connectivity index is 0.000000815. The molecule has 126 valence electrons. The number of imidazole rings is 1. The first kappa shape index (κ1) is 16.8. The van der Waals surface area contributed by atoms with E-state index in [1.165, 1.54) is 6.07 Å². The average molecular weight is 347 g/mol. The summed E-state index contributed by atoms with van der Waals surface area (Å²) in [5.41, 5.74) is 2.56. The number of aryl methyl sites for hydroxylation is 1. The molecule has 1 atom stereocenters. The number of rotatable bonds is 1. The highest BCUT2D eigenvalue weighted by Crippen LogP contribution is 2.33. The van der Waals surface area contributed by atoms with Crippen molar-refractivity contribution in [2.24, 2.45) is 0 Å². The van der Waals surface area contributed by atoms with Gasteiger partial charge < -0.3 is 4.57 Å². The molecule has 0 radical (unpaired) electrons. The van der Waals surface area contributed by atoms with Crippen molar-refractivity contribution in [3.05, 3.63) is 41.3 Å². The van der Waals surface area contributed by atoms with Crippen LogP contribution in [0.1, 0.15) is 45.5 Å². The normalized spacial score (nSPS) is 16.5. The highest BCUT2D eigenvalue weighted by molar-refractivity contribution is 6.28. The van der Waals surface area contributed by atoms with Gasteiger partial charge in [-0.1, -0.05) is 13.8 Å². The van der Waals surface area contributed by atoms with Crippen LogP contribution in [-0.2, 0) is 6.42 Å². The molecule has 0 amide bonds. The van der Waals surface area contributed by atoms with Crippen LogP contribution < -0.4 is 0 Å². The molecule has 0 N–H and O–H groups in total. The Hall–Kier alpha value is -2.01. The fraction of sp³-hybridized carbons (Fsp3) is 0.389. The second-order valence-corrected chi connectivity index (χ2v) is 6.01. The molecule has 0 saturated heterocycles. The summed E-state index contributed by atoms with van der Waals surface area (Å²) in [6.07, 6.45) is 4.65. The van der Waals surface area contributed by atoms with E-state index in [0.29, 0.717) is 22.8 Å². The maximum atomic E-state index is 14.5. The quantitative estimate of drug-likeness (QED) is 0.568. The minimum Gasteiger partial charge on any atom is -0.325 e. The molecule has 1 aromatic carbocycles. The van der Waals surface area contributed by atoms with Gasteiger partial charge in [0.1, 0.15) is 11.3 Å². The molecule has 0 spiro atoms. The molecular weight excluding hydrogens is 327 g/mol. The van der Waals surface area contributed by atoms with E-state index >= 15 is 0 Å². The fourth-order valence-electron chi connectivity index (χ4n) is 3.20. The summed E-state index contributed by atoms with van der Waals surface area (Å²) in [5, 5.41) is 0.154. The maximum Gasteiger partial charge on any atom is 0.222 e. The minimum absolute atomic E-state index is 0.154. The maximum absolute atomic E-state index is 14.5. The molecule has 0 fully saturated rings. The van der Waals surface area contributed by atoms with Gasteiger partial charge in [0.05, 0.1) is 11.2 Å². The Morgan fingerprint density at radius 2 is 2.04 bits per heavy atom. The number of hydrogen-bond acceptors (Lipinski definition) is 3. The van der Waals surface area contributed by atoms with Crippen LogP contribution in [0.5, 0.6) is 0 Å². The van der Waals surface area contributed by atoms with Crippen molar-refractivity contribution in [1.29, 1.82) is 0 Å². The Morgan fingerprint density at radius 1 is 1.25 bits per heavy atom. The highest BCUT2D eigenvalue weighted by atomic mass is 35.5. The van der Waals surface area contributed by atoms with Crippen LogP contribution in [-0.4, -0.2) is 19.5 Å². The lowest BCUT2D eigenvalue weighted by molar-refractivity contribution is 0.436. The number of halogens is 2. The van der Waals surface area contributed by atoms with Gasteiger partial charge in [-0.25, -0.2) is 19.3 Å². The third-order valence-electron chi connectivity index (χ3n) is 4.21. The Kier molecular flexibility index (Phi) is 4.81. The van der Waals surface area contributed by atoms with Crippen LogP contribution in [0, 0.1) is 5.82 Å². The zero-order chi connectivity index (χ0) is 17.3. The molecule has 6 heteroatoms. The summed E-state index contributed by atoms with van der Waals surface area (Å²) in [4.78, 5) is 12.5. The summed E-state index contributed by atoms with van der Waals surface area (Å²) in [5.74, 6) is 0.641. The molecule has 1 unspecified atom stereocenters. The van der Waals surface area contributed by atoms with E-state index in [4.69, 9.17) is 11.6 Å². The van der Waals surface area contributed by atoms with Crippen LogP contribution >= 0.6 is 11.6 Å². The number of benzene rings is 1. The summed E-state index contributed by atoms with van der Waals surface area (Å²) >= 11 is 5.84. The second-order valence-electron chi connectivity index (χ2n) is 5.68. The first-order chi connectivity index (χ1) is 11.6. The third kappa shape index (κ3) is 2.88. The number of nitrogens with zero attached hydrogens (tertiary/aromatic N) is 4. The SMILES string of the molecule is CC.CC1CCCc2nc3c(F)cc(-c4ccnc(Cl)n4)cc3n21. The van der Waals surface area contributed by atoms with E-state index in [-0.39, 0.29) is 11.1 Å². The van der Waals surface area contributed by atoms with Gasteiger partial charge in [-0.05, 0) is 49.6 Å². The number of hydrogen-bond donors (Lipinski definition) is 0. The molecule has 3 aromatic rings. The van der Waals surface area contributed by atoms with Crippen molar-refractivity contribution in [3.63, 3.8) is 0 Å². The third-order valence-corrected chi connectivity index (χ3v) is 4.39. The molecule has 0 saturated carbocycles. The summed E-state index contributed by atoms with van der Waals surface area (Å²) in [6.45, 7) is 6.15. The van der Waals surface area contributed by atoms with Crippen molar-refractivity contribution in [2.45, 2.75) is 46.1 Å².